The van der Waals surface area contributed by atoms with Crippen LogP contribution in [-0.4, -0.2) is 71.4 Å². The van der Waals surface area contributed by atoms with Gasteiger partial charge in [-0.25, -0.2) is 0 Å². The molecule has 0 saturated carbocycles. The van der Waals surface area contributed by atoms with Gasteiger partial charge in [-0.2, -0.15) is 17.6 Å². The molecule has 2 rings (SSSR count). The van der Waals surface area contributed by atoms with Crippen LogP contribution in [0.1, 0.15) is 13.8 Å². The van der Waals surface area contributed by atoms with Gasteiger partial charge in [-0.05, 0) is 6.92 Å². The minimum Gasteiger partial charge on any atom is -0.486 e. The van der Waals surface area contributed by atoms with Crippen LogP contribution in [0, 0.1) is 0 Å². The molecule has 2 aliphatic rings. The van der Waals surface area contributed by atoms with Gasteiger partial charge in [-0.15, -0.1) is 0 Å². The molecule has 8 nitrogen and oxygen atoms in total. The fourth-order valence-electron chi connectivity index (χ4n) is 2.42. The molecular weight excluding hydrogens is 432 g/mol. The second-order valence-corrected chi connectivity index (χ2v) is 6.75. The van der Waals surface area contributed by atoms with Crippen molar-refractivity contribution in [1.82, 2.24) is 0 Å². The summed E-state index contributed by atoms with van der Waals surface area (Å²) in [6.07, 6.45) is -6.25. The zero-order valence-electron chi connectivity index (χ0n) is 17.5. The summed E-state index contributed by atoms with van der Waals surface area (Å²) in [5.74, 6) is 1.23. The minimum atomic E-state index is -3.38. The van der Waals surface area contributed by atoms with Crippen molar-refractivity contribution in [3.63, 3.8) is 0 Å². The Kier molecular flexibility index (Phi) is 8.98. The van der Waals surface area contributed by atoms with Gasteiger partial charge in [0.25, 0.3) is 0 Å². The van der Waals surface area contributed by atoms with Gasteiger partial charge in [0.05, 0.1) is 13.2 Å². The van der Waals surface area contributed by atoms with Crippen molar-refractivity contribution < 1.29 is 55.5 Å². The summed E-state index contributed by atoms with van der Waals surface area (Å²) in [5.41, 5.74) is 0. The quantitative estimate of drug-likeness (QED) is 0.265. The Hall–Kier alpha value is -2.02. The molecule has 1 fully saturated rings. The van der Waals surface area contributed by atoms with Crippen LogP contribution >= 0.6 is 0 Å². The summed E-state index contributed by atoms with van der Waals surface area (Å²) in [4.78, 5) is 0. The predicted molar refractivity (Wildman–Crippen MR) is 96.9 cm³/mol. The van der Waals surface area contributed by atoms with Crippen LogP contribution in [0.25, 0.3) is 0 Å². The van der Waals surface area contributed by atoms with Gasteiger partial charge in [0.15, 0.2) is 36.3 Å². The maximum absolute atomic E-state index is 13.0. The van der Waals surface area contributed by atoms with Gasteiger partial charge < -0.3 is 33.2 Å². The first-order valence-corrected chi connectivity index (χ1v) is 9.30. The van der Waals surface area contributed by atoms with Crippen LogP contribution in [0.5, 0.6) is 0 Å². The van der Waals surface area contributed by atoms with Crippen molar-refractivity contribution in [3.05, 3.63) is 35.7 Å². The molecule has 31 heavy (non-hydrogen) atoms. The van der Waals surface area contributed by atoms with E-state index in [2.05, 4.69) is 16.1 Å². The van der Waals surface area contributed by atoms with Crippen LogP contribution in [-0.2, 0) is 37.9 Å². The van der Waals surface area contributed by atoms with Crippen molar-refractivity contribution in [2.45, 2.75) is 38.3 Å². The van der Waals surface area contributed by atoms with Gasteiger partial charge in [-0.1, -0.05) is 6.58 Å². The third-order valence-electron chi connectivity index (χ3n) is 3.96. The normalized spacial score (nSPS) is 23.8. The average Bonchev–Trinajstić information content (AvgIpc) is 2.68. The molecule has 0 aliphatic carbocycles. The molecule has 0 N–H and O–H groups in total. The molecule has 178 valence electrons. The first-order valence-electron chi connectivity index (χ1n) is 9.30. The zero-order chi connectivity index (χ0) is 23.1. The van der Waals surface area contributed by atoms with Crippen molar-refractivity contribution in [2.24, 2.45) is 0 Å². The third-order valence-corrected chi connectivity index (χ3v) is 3.96. The van der Waals surface area contributed by atoms with E-state index < -0.39 is 37.8 Å². The van der Waals surface area contributed by atoms with Crippen molar-refractivity contribution in [2.75, 3.05) is 46.9 Å². The summed E-state index contributed by atoms with van der Waals surface area (Å²) in [6.45, 7) is 4.52. The van der Waals surface area contributed by atoms with E-state index in [1.807, 2.05) is 0 Å². The summed E-state index contributed by atoms with van der Waals surface area (Å²) >= 11 is 0. The number of hydrogen-bond donors (Lipinski definition) is 0. The smallest absolute Gasteiger partial charge is 0.378 e. The van der Waals surface area contributed by atoms with Gasteiger partial charge in [0.2, 0.25) is 0 Å². The van der Waals surface area contributed by atoms with Gasteiger partial charge in [0, 0.05) is 20.1 Å². The topological polar surface area (TPSA) is 73.8 Å². The second kappa shape index (κ2) is 11.0. The molecule has 0 aromatic carbocycles. The summed E-state index contributed by atoms with van der Waals surface area (Å²) < 4.78 is 91.5. The highest BCUT2D eigenvalue weighted by Crippen LogP contribution is 2.26. The van der Waals surface area contributed by atoms with Crippen molar-refractivity contribution >= 4 is 0 Å². The fourth-order valence-corrected chi connectivity index (χ4v) is 2.42. The molecule has 0 radical (unpaired) electrons. The molecule has 0 bridgehead atoms. The molecular formula is C19H26F4O8. The van der Waals surface area contributed by atoms with Crippen LogP contribution in [0.2, 0.25) is 0 Å². The molecule has 12 heteroatoms. The maximum Gasteiger partial charge on any atom is 0.378 e. The zero-order valence-corrected chi connectivity index (χ0v) is 17.5. The van der Waals surface area contributed by atoms with Crippen LogP contribution in [0.4, 0.5) is 17.6 Å². The van der Waals surface area contributed by atoms with E-state index >= 15 is 0 Å². The standard InChI is InChI=1S/C19H26F4O8/c1-12-16(27-8-14(30-12)6-25-10-19(22,23)24-4)5-17-13(2)31-15(9-28-17)7-26-11-29-18(3,20)21/h5,14-15H,1,6-11H2,2-4H3/b16-5+. The number of methoxy groups -OCH3 is 1. The largest absolute Gasteiger partial charge is 0.486 e. The Balaban J connectivity index is 1.78. The van der Waals surface area contributed by atoms with Gasteiger partial charge in [0.1, 0.15) is 25.6 Å². The predicted octanol–water partition coefficient (Wildman–Crippen LogP) is 3.31. The Morgan fingerprint density at radius 2 is 1.71 bits per heavy atom. The molecule has 0 amide bonds. The van der Waals surface area contributed by atoms with E-state index in [1.165, 1.54) is 6.08 Å². The summed E-state index contributed by atoms with van der Waals surface area (Å²) in [5, 5.41) is 0. The maximum atomic E-state index is 13.0. The molecule has 0 spiro atoms. The van der Waals surface area contributed by atoms with E-state index in [0.717, 1.165) is 7.11 Å². The third kappa shape index (κ3) is 8.93. The summed E-state index contributed by atoms with van der Waals surface area (Å²) in [6, 6.07) is 0. The minimum absolute atomic E-state index is 0.00656. The first-order chi connectivity index (χ1) is 14.5. The van der Waals surface area contributed by atoms with Crippen molar-refractivity contribution in [1.29, 1.82) is 0 Å². The molecule has 2 unspecified atom stereocenters. The number of rotatable bonds is 11. The number of halogens is 4. The highest BCUT2D eigenvalue weighted by molar-refractivity contribution is 5.29. The fraction of sp³-hybridized carbons (Fsp3) is 0.684. The van der Waals surface area contributed by atoms with Crippen LogP contribution in [0.3, 0.4) is 0 Å². The van der Waals surface area contributed by atoms with Gasteiger partial charge >= 0.3 is 12.2 Å². The highest BCUT2D eigenvalue weighted by atomic mass is 19.3. The highest BCUT2D eigenvalue weighted by Gasteiger charge is 2.31. The number of hydrogen-bond acceptors (Lipinski definition) is 8. The SMILES string of the molecule is C=C1OC(COCC(F)(F)OC)CO/C1=C/C1=C(C)OC(COCOC(C)(F)F)CO1. The van der Waals surface area contributed by atoms with E-state index in [0.29, 0.717) is 18.4 Å². The number of allylic oxidation sites excluding steroid dienone is 2. The lowest BCUT2D eigenvalue weighted by atomic mass is 10.2. The molecule has 2 atom stereocenters. The summed E-state index contributed by atoms with van der Waals surface area (Å²) in [7, 11) is 0.882. The monoisotopic (exact) mass is 458 g/mol. The van der Waals surface area contributed by atoms with Crippen LogP contribution in [0.15, 0.2) is 35.7 Å². The molecule has 2 aliphatic heterocycles. The lowest BCUT2D eigenvalue weighted by Gasteiger charge is -2.30. The Labute approximate surface area is 177 Å². The average molecular weight is 458 g/mol. The van der Waals surface area contributed by atoms with E-state index in [4.69, 9.17) is 28.4 Å². The van der Waals surface area contributed by atoms with E-state index in [1.54, 1.807) is 6.92 Å². The lowest BCUT2D eigenvalue weighted by Crippen LogP contribution is -2.34. The van der Waals surface area contributed by atoms with Gasteiger partial charge in [-0.3, -0.25) is 4.74 Å². The Bertz CT molecular complexity index is 674. The number of alkyl halides is 4. The van der Waals surface area contributed by atoms with E-state index in [9.17, 15) is 17.6 Å². The first kappa shape index (κ1) is 25.2. The van der Waals surface area contributed by atoms with Crippen LogP contribution < -0.4 is 0 Å². The Morgan fingerprint density at radius 3 is 2.32 bits per heavy atom. The number of ether oxygens (including phenoxy) is 8. The molecule has 1 saturated heterocycles. The molecule has 0 aromatic heterocycles. The molecule has 2 heterocycles. The molecule has 0 aromatic rings. The second-order valence-electron chi connectivity index (χ2n) is 6.75. The van der Waals surface area contributed by atoms with E-state index in [-0.39, 0.29) is 37.9 Å². The van der Waals surface area contributed by atoms with Crippen molar-refractivity contribution in [3.8, 4) is 0 Å². The Morgan fingerprint density at radius 1 is 1.06 bits per heavy atom. The lowest BCUT2D eigenvalue weighted by molar-refractivity contribution is -0.268.